The van der Waals surface area contributed by atoms with E-state index in [1.165, 1.54) is 6.07 Å². The van der Waals surface area contributed by atoms with E-state index in [9.17, 15) is 13.6 Å². The van der Waals surface area contributed by atoms with Crippen molar-refractivity contribution >= 4 is 28.6 Å². The molecule has 0 radical (unpaired) electrons. The van der Waals surface area contributed by atoms with Crippen molar-refractivity contribution < 1.29 is 18.3 Å². The molecule has 0 atom stereocenters. The van der Waals surface area contributed by atoms with Crippen LogP contribution in [-0.4, -0.2) is 22.1 Å². The number of benzene rings is 1. The summed E-state index contributed by atoms with van der Waals surface area (Å²) in [6.07, 6.45) is 3.05. The molecule has 0 saturated heterocycles. The van der Waals surface area contributed by atoms with Crippen molar-refractivity contribution in [3.05, 3.63) is 23.5 Å². The Morgan fingerprint density at radius 2 is 2.11 bits per heavy atom. The number of anilines is 1. The van der Waals surface area contributed by atoms with E-state index < -0.39 is 6.61 Å². The van der Waals surface area contributed by atoms with Crippen molar-refractivity contribution in [1.29, 1.82) is 0 Å². The molecule has 1 aliphatic rings. The number of fused-ring (bicyclic) bond motifs is 1. The summed E-state index contributed by atoms with van der Waals surface area (Å²) in [7, 11) is 0. The van der Waals surface area contributed by atoms with Crippen LogP contribution in [0.25, 0.3) is 15.9 Å². The lowest BCUT2D eigenvalue weighted by Gasteiger charge is -2.41. The summed E-state index contributed by atoms with van der Waals surface area (Å²) in [6, 6.07) is 2.86. The van der Waals surface area contributed by atoms with Gasteiger partial charge in [0.15, 0.2) is 5.69 Å². The predicted molar refractivity (Wildman–Crippen MR) is 103 cm³/mol. The zero-order valence-electron chi connectivity index (χ0n) is 16.5. The molecule has 8 heteroatoms. The lowest BCUT2D eigenvalue weighted by Crippen LogP contribution is -2.38. The molecule has 28 heavy (non-hydrogen) atoms. The number of halogens is 2. The third-order valence-corrected chi connectivity index (χ3v) is 4.97. The summed E-state index contributed by atoms with van der Waals surface area (Å²) in [6.45, 7) is 12.2. The Kier molecular flexibility index (Phi) is 5.04. The zero-order valence-corrected chi connectivity index (χ0v) is 16.5. The Balaban J connectivity index is 2.15. The highest BCUT2D eigenvalue weighted by Crippen LogP contribution is 2.45. The van der Waals surface area contributed by atoms with Crippen molar-refractivity contribution in [2.75, 3.05) is 5.32 Å². The summed E-state index contributed by atoms with van der Waals surface area (Å²) >= 11 is 0. The second-order valence-electron chi connectivity index (χ2n) is 8.71. The molecule has 0 spiro atoms. The van der Waals surface area contributed by atoms with Crippen LogP contribution in [0.3, 0.4) is 0 Å². The van der Waals surface area contributed by atoms with Gasteiger partial charge in [-0.1, -0.05) is 20.8 Å². The van der Waals surface area contributed by atoms with Crippen molar-refractivity contribution in [1.82, 2.24) is 9.55 Å². The van der Waals surface area contributed by atoms with Crippen molar-refractivity contribution in [2.45, 2.75) is 65.5 Å². The SMILES string of the molecule is [C-]#[N+]c1cc(OC(F)F)c2nc(NC(=O)CC(C)(C)C)n(C3(C)CCC3)c2c1. The molecule has 1 aromatic carbocycles. The Morgan fingerprint density at radius 1 is 1.43 bits per heavy atom. The molecule has 150 valence electrons. The highest BCUT2D eigenvalue weighted by molar-refractivity contribution is 5.94. The Bertz CT molecular complexity index is 950. The number of hydrogen-bond donors (Lipinski definition) is 1. The van der Waals surface area contributed by atoms with E-state index in [-0.39, 0.29) is 33.8 Å². The van der Waals surface area contributed by atoms with Gasteiger partial charge in [-0.05, 0) is 43.7 Å². The molecule has 3 rings (SSSR count). The summed E-state index contributed by atoms with van der Waals surface area (Å²) in [5.41, 5.74) is 0.397. The second kappa shape index (κ2) is 7.04. The standard InChI is InChI=1S/C20H24F2N4O2/c1-19(2,3)11-15(27)24-18-25-16-13(26(18)20(4)7-6-8-20)9-12(23-5)10-14(16)28-17(21)22/h9-10,17H,6-8,11H2,1-4H3,(H,24,25,27). The first kappa shape index (κ1) is 20.1. The molecule has 6 nitrogen and oxygen atoms in total. The second-order valence-corrected chi connectivity index (χ2v) is 8.71. The number of aromatic nitrogens is 2. The van der Waals surface area contributed by atoms with Crippen molar-refractivity contribution in [2.24, 2.45) is 5.41 Å². The third kappa shape index (κ3) is 3.93. The molecular formula is C20H24F2N4O2. The molecule has 1 fully saturated rings. The fourth-order valence-corrected chi connectivity index (χ4v) is 3.58. The van der Waals surface area contributed by atoms with Crippen LogP contribution < -0.4 is 10.1 Å². The largest absolute Gasteiger partial charge is 0.434 e. The molecule has 1 aromatic heterocycles. The number of nitrogens with zero attached hydrogens (tertiary/aromatic N) is 3. The maximum absolute atomic E-state index is 12.9. The summed E-state index contributed by atoms with van der Waals surface area (Å²) in [5.74, 6) is -0.0621. The third-order valence-electron chi connectivity index (χ3n) is 4.97. The number of carbonyl (C=O) groups is 1. The Labute approximate surface area is 162 Å². The highest BCUT2D eigenvalue weighted by atomic mass is 19.3. The summed E-state index contributed by atoms with van der Waals surface area (Å²) < 4.78 is 32.3. The maximum atomic E-state index is 12.9. The number of carbonyl (C=O) groups excluding carboxylic acids is 1. The van der Waals surface area contributed by atoms with Gasteiger partial charge in [0.05, 0.1) is 12.1 Å². The van der Waals surface area contributed by atoms with Crippen LogP contribution in [0.1, 0.15) is 53.4 Å². The van der Waals surface area contributed by atoms with Crippen LogP contribution in [0.4, 0.5) is 20.4 Å². The topological polar surface area (TPSA) is 60.5 Å². The predicted octanol–water partition coefficient (Wildman–Crippen LogP) is 5.46. The first-order valence-corrected chi connectivity index (χ1v) is 9.21. The van der Waals surface area contributed by atoms with E-state index in [0.717, 1.165) is 19.3 Å². The van der Waals surface area contributed by atoms with Gasteiger partial charge in [-0.15, -0.1) is 0 Å². The number of nitrogens with one attached hydrogen (secondary N) is 1. The Morgan fingerprint density at radius 3 is 2.61 bits per heavy atom. The van der Waals surface area contributed by atoms with Gasteiger partial charge in [0.1, 0.15) is 11.3 Å². The fraction of sp³-hybridized carbons (Fsp3) is 0.550. The average Bonchev–Trinajstić information content (AvgIpc) is 2.88. The maximum Gasteiger partial charge on any atom is 0.387 e. The molecule has 1 N–H and O–H groups in total. The van der Waals surface area contributed by atoms with E-state index in [2.05, 4.69) is 19.9 Å². The minimum atomic E-state index is -3.03. The Hall–Kier alpha value is -2.69. The van der Waals surface area contributed by atoms with E-state index in [0.29, 0.717) is 17.9 Å². The molecule has 2 aromatic rings. The molecule has 1 heterocycles. The smallest absolute Gasteiger partial charge is 0.387 e. The van der Waals surface area contributed by atoms with E-state index in [4.69, 9.17) is 6.57 Å². The number of imidazole rings is 1. The number of rotatable bonds is 5. The van der Waals surface area contributed by atoms with Gasteiger partial charge in [0.2, 0.25) is 11.9 Å². The van der Waals surface area contributed by atoms with E-state index >= 15 is 0 Å². The lowest BCUT2D eigenvalue weighted by molar-refractivity contribution is -0.117. The van der Waals surface area contributed by atoms with Crippen LogP contribution in [0.5, 0.6) is 5.75 Å². The normalized spacial score (nSPS) is 15.9. The zero-order chi connectivity index (χ0) is 20.7. The molecule has 0 unspecified atom stereocenters. The van der Waals surface area contributed by atoms with E-state index in [1.807, 2.05) is 32.3 Å². The minimum Gasteiger partial charge on any atom is -0.434 e. The number of alkyl halides is 2. The average molecular weight is 390 g/mol. The highest BCUT2D eigenvalue weighted by Gasteiger charge is 2.38. The van der Waals surface area contributed by atoms with Gasteiger partial charge in [0, 0.05) is 12.0 Å². The van der Waals surface area contributed by atoms with Crippen LogP contribution in [0.2, 0.25) is 0 Å². The van der Waals surface area contributed by atoms with Crippen molar-refractivity contribution in [3.63, 3.8) is 0 Å². The fourth-order valence-electron chi connectivity index (χ4n) is 3.58. The molecule has 0 bridgehead atoms. The molecule has 1 saturated carbocycles. The van der Waals surface area contributed by atoms with E-state index in [1.54, 1.807) is 6.07 Å². The minimum absolute atomic E-state index is 0.161. The number of ether oxygens (including phenoxy) is 1. The van der Waals surface area contributed by atoms with Crippen LogP contribution in [-0.2, 0) is 10.3 Å². The van der Waals surface area contributed by atoms with Gasteiger partial charge in [-0.3, -0.25) is 10.1 Å². The van der Waals surface area contributed by atoms with Crippen LogP contribution in [0, 0.1) is 12.0 Å². The molecular weight excluding hydrogens is 366 g/mol. The number of hydrogen-bond acceptors (Lipinski definition) is 3. The molecule has 1 amide bonds. The van der Waals surface area contributed by atoms with Gasteiger partial charge in [0.25, 0.3) is 0 Å². The monoisotopic (exact) mass is 390 g/mol. The van der Waals surface area contributed by atoms with Gasteiger partial charge in [-0.2, -0.15) is 8.78 Å². The quantitative estimate of drug-likeness (QED) is 0.690. The van der Waals surface area contributed by atoms with Crippen LogP contribution in [0.15, 0.2) is 12.1 Å². The van der Waals surface area contributed by atoms with Gasteiger partial charge in [-0.25, -0.2) is 9.83 Å². The lowest BCUT2D eigenvalue weighted by atomic mass is 9.78. The van der Waals surface area contributed by atoms with Gasteiger partial charge < -0.3 is 9.30 Å². The first-order chi connectivity index (χ1) is 13.0. The molecule has 0 aliphatic heterocycles. The first-order valence-electron chi connectivity index (χ1n) is 9.21. The summed E-state index contributed by atoms with van der Waals surface area (Å²) in [4.78, 5) is 20.3. The van der Waals surface area contributed by atoms with Crippen LogP contribution >= 0.6 is 0 Å². The number of amides is 1. The van der Waals surface area contributed by atoms with Gasteiger partial charge >= 0.3 is 6.61 Å². The molecule has 1 aliphatic carbocycles. The van der Waals surface area contributed by atoms with Crippen molar-refractivity contribution in [3.8, 4) is 5.75 Å². The summed E-state index contributed by atoms with van der Waals surface area (Å²) in [5, 5.41) is 2.84.